The Bertz CT molecular complexity index is 406. The monoisotopic (exact) mass is 228 g/mol. The van der Waals surface area contributed by atoms with Gasteiger partial charge in [-0.25, -0.2) is 0 Å². The van der Waals surface area contributed by atoms with Crippen LogP contribution in [0, 0.1) is 5.92 Å². The Morgan fingerprint density at radius 2 is 2.12 bits per heavy atom. The van der Waals surface area contributed by atoms with Gasteiger partial charge in [0.1, 0.15) is 0 Å². The SMILES string of the molecule is CC1CC=CC=C1CN[C@H](N)c1ccccc1. The molecule has 2 rings (SSSR count). The molecular formula is C15H20N2. The van der Waals surface area contributed by atoms with E-state index in [1.807, 2.05) is 18.2 Å². The lowest BCUT2D eigenvalue weighted by Gasteiger charge is -2.20. The molecule has 2 nitrogen and oxygen atoms in total. The molecular weight excluding hydrogens is 208 g/mol. The first kappa shape index (κ1) is 12.1. The first-order chi connectivity index (χ1) is 8.27. The van der Waals surface area contributed by atoms with Crippen LogP contribution in [0.3, 0.4) is 0 Å². The molecule has 1 aliphatic rings. The van der Waals surface area contributed by atoms with Crippen LogP contribution in [0.1, 0.15) is 25.1 Å². The minimum Gasteiger partial charge on any atom is -0.312 e. The van der Waals surface area contributed by atoms with Gasteiger partial charge in [-0.2, -0.15) is 0 Å². The largest absolute Gasteiger partial charge is 0.312 e. The van der Waals surface area contributed by atoms with Gasteiger partial charge in [-0.3, -0.25) is 5.32 Å². The summed E-state index contributed by atoms with van der Waals surface area (Å²) < 4.78 is 0. The van der Waals surface area contributed by atoms with E-state index in [-0.39, 0.29) is 6.17 Å². The zero-order valence-electron chi connectivity index (χ0n) is 10.3. The van der Waals surface area contributed by atoms with Crippen molar-refractivity contribution in [3.63, 3.8) is 0 Å². The zero-order chi connectivity index (χ0) is 12.1. The molecule has 2 atom stereocenters. The van der Waals surface area contributed by atoms with E-state index in [2.05, 4.69) is 42.6 Å². The van der Waals surface area contributed by atoms with Crippen molar-refractivity contribution >= 4 is 0 Å². The minimum atomic E-state index is -0.0878. The second kappa shape index (κ2) is 5.80. The average molecular weight is 228 g/mol. The third kappa shape index (κ3) is 3.29. The van der Waals surface area contributed by atoms with Crippen molar-refractivity contribution in [2.24, 2.45) is 11.7 Å². The summed E-state index contributed by atoms with van der Waals surface area (Å²) in [7, 11) is 0. The molecule has 0 bridgehead atoms. The van der Waals surface area contributed by atoms with Crippen LogP contribution in [-0.4, -0.2) is 6.54 Å². The van der Waals surface area contributed by atoms with Crippen molar-refractivity contribution in [1.82, 2.24) is 5.32 Å². The normalized spacial score (nSPS) is 21.1. The lowest BCUT2D eigenvalue weighted by molar-refractivity contribution is 0.547. The minimum absolute atomic E-state index is 0.0878. The Labute approximate surface area is 103 Å². The molecule has 1 aromatic rings. The van der Waals surface area contributed by atoms with E-state index < -0.39 is 0 Å². The molecule has 1 aromatic carbocycles. The van der Waals surface area contributed by atoms with E-state index in [4.69, 9.17) is 5.73 Å². The molecule has 0 saturated heterocycles. The maximum Gasteiger partial charge on any atom is 0.0812 e. The van der Waals surface area contributed by atoms with Crippen LogP contribution in [0.25, 0.3) is 0 Å². The second-order valence-electron chi connectivity index (χ2n) is 4.58. The Hall–Kier alpha value is -1.38. The van der Waals surface area contributed by atoms with Crippen molar-refractivity contribution in [2.45, 2.75) is 19.5 Å². The van der Waals surface area contributed by atoms with Crippen molar-refractivity contribution in [1.29, 1.82) is 0 Å². The van der Waals surface area contributed by atoms with Crippen LogP contribution in [-0.2, 0) is 0 Å². The van der Waals surface area contributed by atoms with Crippen LogP contribution in [0.15, 0.2) is 54.1 Å². The number of hydrogen-bond acceptors (Lipinski definition) is 2. The van der Waals surface area contributed by atoms with E-state index in [0.717, 1.165) is 18.5 Å². The van der Waals surface area contributed by atoms with E-state index in [1.165, 1.54) is 5.57 Å². The Balaban J connectivity index is 1.90. The molecule has 0 fully saturated rings. The van der Waals surface area contributed by atoms with Gasteiger partial charge < -0.3 is 5.73 Å². The highest BCUT2D eigenvalue weighted by Crippen LogP contribution is 2.19. The average Bonchev–Trinajstić information content (AvgIpc) is 2.38. The Morgan fingerprint density at radius 1 is 1.35 bits per heavy atom. The van der Waals surface area contributed by atoms with Gasteiger partial charge in [0.15, 0.2) is 0 Å². The van der Waals surface area contributed by atoms with Crippen LogP contribution < -0.4 is 11.1 Å². The fourth-order valence-corrected chi connectivity index (χ4v) is 2.03. The molecule has 0 radical (unpaired) electrons. The first-order valence-electron chi connectivity index (χ1n) is 6.17. The van der Waals surface area contributed by atoms with Gasteiger partial charge in [0.25, 0.3) is 0 Å². The van der Waals surface area contributed by atoms with Gasteiger partial charge in [-0.15, -0.1) is 0 Å². The summed E-state index contributed by atoms with van der Waals surface area (Å²) in [5, 5.41) is 3.37. The zero-order valence-corrected chi connectivity index (χ0v) is 10.3. The molecule has 0 aliphatic heterocycles. The lowest BCUT2D eigenvalue weighted by Crippen LogP contribution is -2.31. The van der Waals surface area contributed by atoms with Crippen molar-refractivity contribution in [3.8, 4) is 0 Å². The predicted octanol–water partition coefficient (Wildman–Crippen LogP) is 2.76. The highest BCUT2D eigenvalue weighted by atomic mass is 15.0. The number of rotatable bonds is 4. The summed E-state index contributed by atoms with van der Waals surface area (Å²) in [4.78, 5) is 0. The van der Waals surface area contributed by atoms with Gasteiger partial charge in [0.05, 0.1) is 6.17 Å². The van der Waals surface area contributed by atoms with Crippen LogP contribution in [0.4, 0.5) is 0 Å². The maximum atomic E-state index is 6.10. The summed E-state index contributed by atoms with van der Waals surface area (Å²) in [5.41, 5.74) is 8.66. The van der Waals surface area contributed by atoms with E-state index in [1.54, 1.807) is 0 Å². The van der Waals surface area contributed by atoms with Gasteiger partial charge in [0.2, 0.25) is 0 Å². The van der Waals surface area contributed by atoms with Crippen LogP contribution >= 0.6 is 0 Å². The molecule has 17 heavy (non-hydrogen) atoms. The number of nitrogens with two attached hydrogens (primary N) is 1. The topological polar surface area (TPSA) is 38.0 Å². The van der Waals surface area contributed by atoms with E-state index in [9.17, 15) is 0 Å². The van der Waals surface area contributed by atoms with Crippen molar-refractivity contribution < 1.29 is 0 Å². The maximum absolute atomic E-state index is 6.10. The molecule has 0 spiro atoms. The number of allylic oxidation sites excluding steroid dienone is 3. The molecule has 90 valence electrons. The van der Waals surface area contributed by atoms with Gasteiger partial charge >= 0.3 is 0 Å². The van der Waals surface area contributed by atoms with Gasteiger partial charge in [-0.1, -0.05) is 61.1 Å². The third-order valence-electron chi connectivity index (χ3n) is 3.25. The predicted molar refractivity (Wildman–Crippen MR) is 72.4 cm³/mol. The van der Waals surface area contributed by atoms with E-state index in [0.29, 0.717) is 5.92 Å². The number of benzene rings is 1. The fourth-order valence-electron chi connectivity index (χ4n) is 2.03. The number of nitrogens with one attached hydrogen (secondary N) is 1. The van der Waals surface area contributed by atoms with E-state index >= 15 is 0 Å². The number of hydrogen-bond donors (Lipinski definition) is 2. The summed E-state index contributed by atoms with van der Waals surface area (Å²) in [6.07, 6.45) is 7.58. The summed E-state index contributed by atoms with van der Waals surface area (Å²) in [5.74, 6) is 0.621. The smallest absolute Gasteiger partial charge is 0.0812 e. The lowest BCUT2D eigenvalue weighted by atomic mass is 9.93. The Morgan fingerprint density at radius 3 is 2.82 bits per heavy atom. The van der Waals surface area contributed by atoms with Gasteiger partial charge in [-0.05, 0) is 17.9 Å². The summed E-state index contributed by atoms with van der Waals surface area (Å²) in [6, 6.07) is 10.1. The molecule has 0 amide bonds. The first-order valence-corrected chi connectivity index (χ1v) is 6.17. The fraction of sp³-hybridized carbons (Fsp3) is 0.333. The quantitative estimate of drug-likeness (QED) is 0.778. The molecule has 2 heteroatoms. The third-order valence-corrected chi connectivity index (χ3v) is 3.25. The van der Waals surface area contributed by atoms with Crippen LogP contribution in [0.5, 0.6) is 0 Å². The molecule has 1 unspecified atom stereocenters. The molecule has 1 aliphatic carbocycles. The molecule has 3 N–H and O–H groups in total. The summed E-state index contributed by atoms with van der Waals surface area (Å²) >= 11 is 0. The standard InChI is InChI=1S/C15H20N2/c1-12-7-5-6-10-14(12)11-17-15(16)13-8-3-2-4-9-13/h2-6,8-10,12,15,17H,7,11,16H2,1H3/t12?,15-/m0/s1. The van der Waals surface area contributed by atoms with Crippen molar-refractivity contribution in [2.75, 3.05) is 6.54 Å². The highest BCUT2D eigenvalue weighted by Gasteiger charge is 2.11. The second-order valence-corrected chi connectivity index (χ2v) is 4.58. The van der Waals surface area contributed by atoms with Crippen molar-refractivity contribution in [3.05, 3.63) is 59.7 Å². The Kier molecular flexibility index (Phi) is 4.13. The van der Waals surface area contributed by atoms with Gasteiger partial charge in [0, 0.05) is 6.54 Å². The van der Waals surface area contributed by atoms with Crippen LogP contribution in [0.2, 0.25) is 0 Å². The summed E-state index contributed by atoms with van der Waals surface area (Å²) in [6.45, 7) is 3.12. The molecule has 0 aromatic heterocycles. The molecule has 0 heterocycles. The highest BCUT2D eigenvalue weighted by molar-refractivity contribution is 5.23. The molecule has 0 saturated carbocycles.